The van der Waals surface area contributed by atoms with E-state index in [1.54, 1.807) is 6.20 Å². The molecule has 0 bridgehead atoms. The van der Waals surface area contributed by atoms with Crippen molar-refractivity contribution in [3.63, 3.8) is 0 Å². The Bertz CT molecular complexity index is 1060. The Morgan fingerprint density at radius 3 is 2.79 bits per heavy atom. The molecule has 8 nitrogen and oxygen atoms in total. The molecule has 2 aromatic heterocycles. The van der Waals surface area contributed by atoms with Crippen molar-refractivity contribution in [2.24, 2.45) is 5.92 Å². The van der Waals surface area contributed by atoms with Crippen molar-refractivity contribution in [2.45, 2.75) is 31.8 Å². The highest BCUT2D eigenvalue weighted by Crippen LogP contribution is 2.49. The van der Waals surface area contributed by atoms with Crippen LogP contribution < -0.4 is 10.2 Å². The van der Waals surface area contributed by atoms with Gasteiger partial charge >= 0.3 is 0 Å². The van der Waals surface area contributed by atoms with Crippen LogP contribution in [0.15, 0.2) is 43.1 Å². The van der Waals surface area contributed by atoms with Gasteiger partial charge in [0.25, 0.3) is 0 Å². The Hall–Kier alpha value is -3.49. The topological polar surface area (TPSA) is 96.8 Å². The van der Waals surface area contributed by atoms with Crippen molar-refractivity contribution in [2.75, 3.05) is 10.2 Å². The van der Waals surface area contributed by atoms with Gasteiger partial charge in [0.2, 0.25) is 5.91 Å². The Morgan fingerprint density at radius 2 is 2.03 bits per heavy atom. The third-order valence-electron chi connectivity index (χ3n) is 5.51. The van der Waals surface area contributed by atoms with Gasteiger partial charge in [-0.3, -0.25) is 4.79 Å². The maximum Gasteiger partial charge on any atom is 0.247 e. The zero-order valence-electron chi connectivity index (χ0n) is 15.7. The quantitative estimate of drug-likeness (QED) is 0.729. The second-order valence-corrected chi connectivity index (χ2v) is 7.43. The van der Waals surface area contributed by atoms with Gasteiger partial charge in [-0.25, -0.2) is 19.3 Å². The van der Waals surface area contributed by atoms with Gasteiger partial charge < -0.3 is 10.2 Å². The van der Waals surface area contributed by atoms with Crippen LogP contribution in [0.3, 0.4) is 0 Å². The summed E-state index contributed by atoms with van der Waals surface area (Å²) in [5.41, 5.74) is 2.32. The summed E-state index contributed by atoms with van der Waals surface area (Å²) in [5.74, 6) is 0.956. The first-order chi connectivity index (χ1) is 14.1. The van der Waals surface area contributed by atoms with Gasteiger partial charge in [0.05, 0.1) is 18.6 Å². The molecule has 1 N–H and O–H groups in total. The molecule has 29 heavy (non-hydrogen) atoms. The number of carbonyl (C=O) groups is 1. The number of amides is 1. The van der Waals surface area contributed by atoms with Crippen molar-refractivity contribution in [3.8, 4) is 11.4 Å². The number of benzene rings is 1. The van der Waals surface area contributed by atoms with E-state index in [0.717, 1.165) is 36.4 Å². The van der Waals surface area contributed by atoms with E-state index in [1.807, 2.05) is 30.0 Å². The van der Waals surface area contributed by atoms with E-state index in [-0.39, 0.29) is 11.9 Å². The first-order valence-electron chi connectivity index (χ1n) is 9.40. The maximum absolute atomic E-state index is 13.1. The zero-order valence-corrected chi connectivity index (χ0v) is 15.7. The Kier molecular flexibility index (Phi) is 4.15. The van der Waals surface area contributed by atoms with Gasteiger partial charge in [-0.15, -0.1) is 10.2 Å². The summed E-state index contributed by atoms with van der Waals surface area (Å²) in [5, 5.41) is 11.0. The lowest BCUT2D eigenvalue weighted by Crippen LogP contribution is -2.42. The molecular weight excluding hydrogens is 373 g/mol. The molecule has 3 aromatic rings. The van der Waals surface area contributed by atoms with E-state index in [2.05, 4.69) is 30.5 Å². The summed E-state index contributed by atoms with van der Waals surface area (Å²) in [6.07, 6.45) is 7.13. The van der Waals surface area contributed by atoms with Crippen LogP contribution in [0.5, 0.6) is 0 Å². The van der Waals surface area contributed by atoms with E-state index in [9.17, 15) is 9.18 Å². The normalized spacial score (nSPS) is 22.3. The zero-order chi connectivity index (χ0) is 20.0. The second kappa shape index (κ2) is 6.84. The molecule has 146 valence electrons. The number of hydrogen-bond acceptors (Lipinski definition) is 7. The monoisotopic (exact) mass is 391 g/mol. The van der Waals surface area contributed by atoms with Crippen LogP contribution in [0.25, 0.3) is 11.4 Å². The summed E-state index contributed by atoms with van der Waals surface area (Å²) >= 11 is 0. The lowest BCUT2D eigenvalue weighted by atomic mass is 10.1. The van der Waals surface area contributed by atoms with Gasteiger partial charge in [-0.05, 0) is 43.4 Å². The van der Waals surface area contributed by atoms with Crippen molar-refractivity contribution < 1.29 is 9.18 Å². The molecule has 0 radical (unpaired) electrons. The van der Waals surface area contributed by atoms with Crippen molar-refractivity contribution in [3.05, 3.63) is 54.5 Å². The highest BCUT2D eigenvalue weighted by molar-refractivity contribution is 5.98. The molecule has 3 heterocycles. The fourth-order valence-electron chi connectivity index (χ4n) is 4.00. The van der Waals surface area contributed by atoms with Crippen LogP contribution >= 0.6 is 0 Å². The molecule has 1 aromatic carbocycles. The van der Waals surface area contributed by atoms with Crippen LogP contribution in [-0.2, 0) is 4.79 Å². The summed E-state index contributed by atoms with van der Waals surface area (Å²) in [4.78, 5) is 27.2. The van der Waals surface area contributed by atoms with E-state index in [0.29, 0.717) is 29.3 Å². The average Bonchev–Trinajstić information content (AvgIpc) is 3.40. The number of aromatic nitrogens is 5. The van der Waals surface area contributed by atoms with Crippen LogP contribution in [0, 0.1) is 18.7 Å². The highest BCUT2D eigenvalue weighted by atomic mass is 19.1. The van der Waals surface area contributed by atoms with E-state index < -0.39 is 5.82 Å². The number of anilines is 2. The van der Waals surface area contributed by atoms with E-state index >= 15 is 0 Å². The summed E-state index contributed by atoms with van der Waals surface area (Å²) in [7, 11) is 0. The number of hydrogen-bond donors (Lipinski definition) is 1. The molecule has 9 heteroatoms. The molecule has 1 saturated carbocycles. The van der Waals surface area contributed by atoms with Crippen molar-refractivity contribution in [1.29, 1.82) is 0 Å². The standard InChI is InChI=1S/C20H18FN7O/c1-11-2-3-14(6-15(11)19-23-7-13(21)8-24-19)26-20(29)17-5-12-4-16(12)28(17)18-9-22-10-25-27-18/h2-3,6-10,12,16-17H,4-5H2,1H3,(H,26,29)/t12-,16-,17-/m0/s1. The molecule has 1 aliphatic heterocycles. The van der Waals surface area contributed by atoms with E-state index in [4.69, 9.17) is 0 Å². The van der Waals surface area contributed by atoms with Gasteiger partial charge in [0.15, 0.2) is 17.5 Å². The van der Waals surface area contributed by atoms with Crippen LogP contribution in [-0.4, -0.2) is 43.1 Å². The third kappa shape index (κ3) is 3.28. The predicted octanol–water partition coefficient (Wildman–Crippen LogP) is 2.38. The number of nitrogens with one attached hydrogen (secondary N) is 1. The minimum Gasteiger partial charge on any atom is -0.339 e. The number of aryl methyl sites for hydroxylation is 1. The lowest BCUT2D eigenvalue weighted by Gasteiger charge is -2.27. The summed E-state index contributed by atoms with van der Waals surface area (Å²) < 4.78 is 13.1. The molecule has 0 unspecified atom stereocenters. The van der Waals surface area contributed by atoms with Gasteiger partial charge in [0.1, 0.15) is 12.4 Å². The molecule has 2 aliphatic rings. The summed E-state index contributed by atoms with van der Waals surface area (Å²) in [6.45, 7) is 1.92. The van der Waals surface area contributed by atoms with Crippen LogP contribution in [0.1, 0.15) is 18.4 Å². The van der Waals surface area contributed by atoms with Crippen molar-refractivity contribution >= 4 is 17.4 Å². The molecule has 0 spiro atoms. The smallest absolute Gasteiger partial charge is 0.247 e. The molecule has 3 atom stereocenters. The lowest BCUT2D eigenvalue weighted by molar-refractivity contribution is -0.117. The van der Waals surface area contributed by atoms with Gasteiger partial charge in [0, 0.05) is 17.3 Å². The van der Waals surface area contributed by atoms with Gasteiger partial charge in [-0.1, -0.05) is 6.07 Å². The third-order valence-corrected chi connectivity index (χ3v) is 5.51. The number of rotatable bonds is 4. The first kappa shape index (κ1) is 17.6. The highest BCUT2D eigenvalue weighted by Gasteiger charge is 2.54. The number of carbonyl (C=O) groups excluding carboxylic acids is 1. The Labute approximate surface area is 166 Å². The minimum absolute atomic E-state index is 0.0994. The van der Waals surface area contributed by atoms with Crippen molar-refractivity contribution in [1.82, 2.24) is 25.1 Å². The number of piperidine rings is 1. The molecule has 1 aliphatic carbocycles. The van der Waals surface area contributed by atoms with Crippen LogP contribution in [0.4, 0.5) is 15.9 Å². The number of halogens is 1. The Balaban J connectivity index is 1.38. The molecule has 5 rings (SSSR count). The van der Waals surface area contributed by atoms with Gasteiger partial charge in [-0.2, -0.15) is 0 Å². The fraction of sp³-hybridized carbons (Fsp3) is 0.300. The largest absolute Gasteiger partial charge is 0.339 e. The molecule has 1 saturated heterocycles. The maximum atomic E-state index is 13.1. The predicted molar refractivity (Wildman–Crippen MR) is 103 cm³/mol. The summed E-state index contributed by atoms with van der Waals surface area (Å²) in [6, 6.07) is 5.54. The molecule has 2 fully saturated rings. The fourth-order valence-corrected chi connectivity index (χ4v) is 4.00. The average molecular weight is 391 g/mol. The first-order valence-corrected chi connectivity index (χ1v) is 9.40. The van der Waals surface area contributed by atoms with Crippen LogP contribution in [0.2, 0.25) is 0 Å². The Morgan fingerprint density at radius 1 is 1.21 bits per heavy atom. The second-order valence-electron chi connectivity index (χ2n) is 7.43. The number of fused-ring (bicyclic) bond motifs is 1. The molecular formula is C20H18FN7O. The SMILES string of the molecule is Cc1ccc(NC(=O)[C@@H]2C[C@@H]3C[C@@H]3N2c2cncnn2)cc1-c1ncc(F)cn1. The number of nitrogens with zero attached hydrogens (tertiary/aromatic N) is 6. The van der Waals surface area contributed by atoms with E-state index in [1.165, 1.54) is 6.33 Å². The molecule has 1 amide bonds. The minimum atomic E-state index is -0.491.